The van der Waals surface area contributed by atoms with Gasteiger partial charge in [-0.25, -0.2) is 0 Å². The number of methoxy groups -OCH3 is 1. The van der Waals surface area contributed by atoms with Gasteiger partial charge in [0, 0.05) is 20.2 Å². The number of hydrogen-bond donors (Lipinski definition) is 2. The molecule has 1 aliphatic carbocycles. The van der Waals surface area contributed by atoms with Crippen molar-refractivity contribution < 1.29 is 14.6 Å². The first kappa shape index (κ1) is 14.9. The van der Waals surface area contributed by atoms with Gasteiger partial charge in [-0.1, -0.05) is 13.3 Å². The molecule has 0 heterocycles. The van der Waals surface area contributed by atoms with Crippen molar-refractivity contribution in [1.82, 2.24) is 5.32 Å². The lowest BCUT2D eigenvalue weighted by molar-refractivity contribution is 0.0134. The van der Waals surface area contributed by atoms with Crippen LogP contribution in [0.3, 0.4) is 0 Å². The Kier molecular flexibility index (Phi) is 7.04. The zero-order valence-electron chi connectivity index (χ0n) is 11.2. The highest BCUT2D eigenvalue weighted by Crippen LogP contribution is 2.48. The van der Waals surface area contributed by atoms with Gasteiger partial charge in [-0.15, -0.1) is 0 Å². The Morgan fingerprint density at radius 3 is 2.71 bits per heavy atom. The lowest BCUT2D eigenvalue weighted by Crippen LogP contribution is -2.34. The Labute approximate surface area is 105 Å². The minimum atomic E-state index is -0.413. The molecule has 0 aromatic heterocycles. The Hall–Kier alpha value is -0.160. The van der Waals surface area contributed by atoms with Gasteiger partial charge < -0.3 is 19.9 Å². The molecule has 17 heavy (non-hydrogen) atoms. The van der Waals surface area contributed by atoms with Crippen LogP contribution in [-0.2, 0) is 9.47 Å². The summed E-state index contributed by atoms with van der Waals surface area (Å²) >= 11 is 0. The Bertz CT molecular complexity index is 195. The third kappa shape index (κ3) is 6.36. The van der Waals surface area contributed by atoms with Crippen molar-refractivity contribution in [2.75, 3.05) is 40.0 Å². The summed E-state index contributed by atoms with van der Waals surface area (Å²) in [5.41, 5.74) is 0.547. The summed E-state index contributed by atoms with van der Waals surface area (Å²) in [6, 6.07) is 0. The molecular weight excluding hydrogens is 218 g/mol. The van der Waals surface area contributed by atoms with Gasteiger partial charge in [0.1, 0.15) is 0 Å². The zero-order chi connectivity index (χ0) is 12.6. The Balaban J connectivity index is 1.95. The molecule has 4 nitrogen and oxygen atoms in total. The summed E-state index contributed by atoms with van der Waals surface area (Å²) in [6.07, 6.45) is 4.83. The molecule has 102 valence electrons. The summed E-state index contributed by atoms with van der Waals surface area (Å²) in [5.74, 6) is 0. The van der Waals surface area contributed by atoms with E-state index in [0.29, 0.717) is 31.8 Å². The minimum Gasteiger partial charge on any atom is -0.389 e. The van der Waals surface area contributed by atoms with E-state index in [1.165, 1.54) is 25.7 Å². The lowest BCUT2D eigenvalue weighted by Gasteiger charge is -2.17. The molecule has 0 bridgehead atoms. The molecule has 0 spiro atoms. The van der Waals surface area contributed by atoms with E-state index >= 15 is 0 Å². The summed E-state index contributed by atoms with van der Waals surface area (Å²) in [6.45, 7) is 5.41. The highest BCUT2D eigenvalue weighted by atomic mass is 16.5. The SMILES string of the molecule is CCCC1(CNCC(O)COCCOC)CC1. The van der Waals surface area contributed by atoms with E-state index in [-0.39, 0.29) is 0 Å². The monoisotopic (exact) mass is 245 g/mol. The van der Waals surface area contributed by atoms with E-state index in [2.05, 4.69) is 12.2 Å². The van der Waals surface area contributed by atoms with Gasteiger partial charge in [-0.2, -0.15) is 0 Å². The second-order valence-electron chi connectivity index (χ2n) is 5.10. The molecule has 0 amide bonds. The maximum atomic E-state index is 9.67. The van der Waals surface area contributed by atoms with E-state index in [9.17, 15) is 5.11 Å². The van der Waals surface area contributed by atoms with Crippen molar-refractivity contribution >= 4 is 0 Å². The molecule has 1 fully saturated rings. The predicted octanol–water partition coefficient (Wildman–Crippen LogP) is 1.18. The predicted molar refractivity (Wildman–Crippen MR) is 68.1 cm³/mol. The fourth-order valence-corrected chi connectivity index (χ4v) is 2.15. The quantitative estimate of drug-likeness (QED) is 0.537. The number of aliphatic hydroxyl groups is 1. The van der Waals surface area contributed by atoms with Crippen LogP contribution in [0.4, 0.5) is 0 Å². The second-order valence-corrected chi connectivity index (χ2v) is 5.10. The molecule has 0 saturated heterocycles. The first-order chi connectivity index (χ1) is 8.22. The highest BCUT2D eigenvalue weighted by Gasteiger charge is 2.40. The largest absolute Gasteiger partial charge is 0.389 e. The number of rotatable bonds is 11. The summed E-state index contributed by atoms with van der Waals surface area (Å²) in [7, 11) is 1.64. The zero-order valence-corrected chi connectivity index (χ0v) is 11.2. The molecule has 0 aromatic rings. The van der Waals surface area contributed by atoms with Crippen LogP contribution in [0.5, 0.6) is 0 Å². The minimum absolute atomic E-state index is 0.386. The first-order valence-electron chi connectivity index (χ1n) is 6.68. The third-order valence-electron chi connectivity index (χ3n) is 3.36. The van der Waals surface area contributed by atoms with Gasteiger partial charge in [0.15, 0.2) is 0 Å². The molecule has 1 saturated carbocycles. The molecule has 2 N–H and O–H groups in total. The highest BCUT2D eigenvalue weighted by molar-refractivity contribution is 4.94. The molecule has 0 radical (unpaired) electrons. The van der Waals surface area contributed by atoms with Crippen LogP contribution in [0.25, 0.3) is 0 Å². The molecule has 1 aliphatic rings. The summed E-state index contributed by atoms with van der Waals surface area (Å²) in [4.78, 5) is 0. The normalized spacial score (nSPS) is 19.2. The van der Waals surface area contributed by atoms with E-state index in [4.69, 9.17) is 9.47 Å². The van der Waals surface area contributed by atoms with Crippen LogP contribution in [0, 0.1) is 5.41 Å². The fourth-order valence-electron chi connectivity index (χ4n) is 2.15. The van der Waals surface area contributed by atoms with Crippen molar-refractivity contribution in [3.05, 3.63) is 0 Å². The average Bonchev–Trinajstić information content (AvgIpc) is 3.05. The van der Waals surface area contributed by atoms with Crippen molar-refractivity contribution in [3.63, 3.8) is 0 Å². The van der Waals surface area contributed by atoms with Crippen LogP contribution < -0.4 is 5.32 Å². The van der Waals surface area contributed by atoms with Crippen LogP contribution in [0.15, 0.2) is 0 Å². The molecule has 4 heteroatoms. The van der Waals surface area contributed by atoms with Crippen molar-refractivity contribution in [2.24, 2.45) is 5.41 Å². The second kappa shape index (κ2) is 8.03. The smallest absolute Gasteiger partial charge is 0.0897 e. The average molecular weight is 245 g/mol. The molecule has 1 atom stereocenters. The van der Waals surface area contributed by atoms with E-state index in [1.54, 1.807) is 7.11 Å². The van der Waals surface area contributed by atoms with Crippen LogP contribution >= 0.6 is 0 Å². The molecular formula is C13H27NO3. The van der Waals surface area contributed by atoms with E-state index in [1.807, 2.05) is 0 Å². The van der Waals surface area contributed by atoms with Crippen LogP contribution in [0.2, 0.25) is 0 Å². The third-order valence-corrected chi connectivity index (χ3v) is 3.36. The standard InChI is InChI=1S/C13H27NO3/c1-3-4-13(5-6-13)11-14-9-12(15)10-17-8-7-16-2/h12,14-15H,3-11H2,1-2H3. The van der Waals surface area contributed by atoms with Gasteiger partial charge in [-0.05, 0) is 24.7 Å². The Morgan fingerprint density at radius 2 is 2.12 bits per heavy atom. The van der Waals surface area contributed by atoms with E-state index in [0.717, 1.165) is 6.54 Å². The first-order valence-corrected chi connectivity index (χ1v) is 6.68. The summed E-state index contributed by atoms with van der Waals surface area (Å²) in [5, 5.41) is 13.0. The van der Waals surface area contributed by atoms with Crippen molar-refractivity contribution in [3.8, 4) is 0 Å². The number of ether oxygens (including phenoxy) is 2. The van der Waals surface area contributed by atoms with Gasteiger partial charge in [0.2, 0.25) is 0 Å². The van der Waals surface area contributed by atoms with Crippen molar-refractivity contribution in [2.45, 2.75) is 38.7 Å². The fraction of sp³-hybridized carbons (Fsp3) is 1.00. The maximum absolute atomic E-state index is 9.67. The Morgan fingerprint density at radius 1 is 1.35 bits per heavy atom. The maximum Gasteiger partial charge on any atom is 0.0897 e. The van der Waals surface area contributed by atoms with E-state index < -0.39 is 6.10 Å². The summed E-state index contributed by atoms with van der Waals surface area (Å²) < 4.78 is 10.1. The van der Waals surface area contributed by atoms with Gasteiger partial charge in [0.25, 0.3) is 0 Å². The van der Waals surface area contributed by atoms with Crippen LogP contribution in [0.1, 0.15) is 32.6 Å². The van der Waals surface area contributed by atoms with Crippen LogP contribution in [-0.4, -0.2) is 51.2 Å². The number of nitrogens with one attached hydrogen (secondary N) is 1. The molecule has 0 aromatic carbocycles. The molecule has 1 rings (SSSR count). The van der Waals surface area contributed by atoms with Crippen molar-refractivity contribution in [1.29, 1.82) is 0 Å². The molecule has 0 aliphatic heterocycles. The lowest BCUT2D eigenvalue weighted by atomic mass is 10.0. The van der Waals surface area contributed by atoms with Gasteiger partial charge in [0.05, 0.1) is 25.9 Å². The number of hydrogen-bond acceptors (Lipinski definition) is 4. The van der Waals surface area contributed by atoms with Gasteiger partial charge >= 0.3 is 0 Å². The van der Waals surface area contributed by atoms with Gasteiger partial charge in [-0.3, -0.25) is 0 Å². The number of aliphatic hydroxyl groups excluding tert-OH is 1. The molecule has 1 unspecified atom stereocenters. The topological polar surface area (TPSA) is 50.7 Å².